The van der Waals surface area contributed by atoms with Crippen LogP contribution in [0.2, 0.25) is 0 Å². The van der Waals surface area contributed by atoms with Gasteiger partial charge in [0.25, 0.3) is 0 Å². The van der Waals surface area contributed by atoms with Crippen molar-refractivity contribution in [3.05, 3.63) is 39.2 Å². The van der Waals surface area contributed by atoms with Crippen LogP contribution in [0, 0.1) is 0 Å². The lowest BCUT2D eigenvalue weighted by Gasteiger charge is -2.01. The first-order valence-electron chi connectivity index (χ1n) is 6.31. The van der Waals surface area contributed by atoms with Crippen LogP contribution in [0.3, 0.4) is 0 Å². The van der Waals surface area contributed by atoms with E-state index in [2.05, 4.69) is 49.1 Å². The summed E-state index contributed by atoms with van der Waals surface area (Å²) in [6.07, 6.45) is 3.69. The molecule has 0 saturated carbocycles. The monoisotopic (exact) mass is 386 g/mol. The Morgan fingerprint density at radius 3 is 2.89 bits per heavy atom. The largest absolute Gasteiger partial charge is 0.441 e. The van der Waals surface area contributed by atoms with E-state index in [-0.39, 0.29) is 0 Å². The van der Waals surface area contributed by atoms with Crippen molar-refractivity contribution in [3.63, 3.8) is 0 Å². The van der Waals surface area contributed by atoms with Gasteiger partial charge in [0.05, 0.1) is 6.20 Å². The topological polar surface area (TPSA) is 38.1 Å². The maximum atomic E-state index is 5.79. The first kappa shape index (κ1) is 14.8. The summed E-state index contributed by atoms with van der Waals surface area (Å²) in [5, 5.41) is 3.29. The Balaban J connectivity index is 2.04. The molecular weight excluding hydrogens is 372 g/mol. The summed E-state index contributed by atoms with van der Waals surface area (Å²) < 4.78 is 7.82. The van der Waals surface area contributed by atoms with E-state index in [0.717, 1.165) is 52.1 Å². The lowest BCUT2D eigenvalue weighted by Crippen LogP contribution is -2.14. The van der Waals surface area contributed by atoms with Crippen LogP contribution >= 0.6 is 31.9 Å². The molecule has 0 radical (unpaired) electrons. The second-order valence-electron chi connectivity index (χ2n) is 4.20. The van der Waals surface area contributed by atoms with Crippen LogP contribution in [0.4, 0.5) is 0 Å². The summed E-state index contributed by atoms with van der Waals surface area (Å²) in [4.78, 5) is 4.33. The third kappa shape index (κ3) is 4.16. The number of aromatic nitrogens is 1. The Labute approximate surface area is 130 Å². The third-order valence-corrected chi connectivity index (χ3v) is 3.89. The molecule has 0 aliphatic heterocycles. The van der Waals surface area contributed by atoms with Crippen LogP contribution in [0.5, 0.6) is 0 Å². The first-order valence-corrected chi connectivity index (χ1v) is 7.90. The van der Waals surface area contributed by atoms with E-state index in [9.17, 15) is 0 Å². The normalized spacial score (nSPS) is 10.9. The average Bonchev–Trinajstić information content (AvgIpc) is 2.83. The van der Waals surface area contributed by atoms with Crippen LogP contribution in [0.25, 0.3) is 11.3 Å². The summed E-state index contributed by atoms with van der Waals surface area (Å²) in [7, 11) is 0. The number of benzene rings is 1. The lowest BCUT2D eigenvalue weighted by molar-refractivity contribution is 0.493. The number of oxazole rings is 1. The van der Waals surface area contributed by atoms with Gasteiger partial charge in [0, 0.05) is 20.9 Å². The molecule has 1 aromatic carbocycles. The van der Waals surface area contributed by atoms with E-state index >= 15 is 0 Å². The van der Waals surface area contributed by atoms with Gasteiger partial charge in [-0.3, -0.25) is 0 Å². The highest BCUT2D eigenvalue weighted by molar-refractivity contribution is 9.11. The van der Waals surface area contributed by atoms with Gasteiger partial charge < -0.3 is 9.73 Å². The van der Waals surface area contributed by atoms with E-state index in [1.165, 1.54) is 0 Å². The Morgan fingerprint density at radius 2 is 2.16 bits per heavy atom. The number of rotatable bonds is 6. The number of nitrogens with zero attached hydrogens (tertiary/aromatic N) is 1. The highest BCUT2D eigenvalue weighted by Crippen LogP contribution is 2.31. The Kier molecular flexibility index (Phi) is 5.60. The molecule has 1 heterocycles. The lowest BCUT2D eigenvalue weighted by atomic mass is 10.2. The molecule has 0 fully saturated rings. The summed E-state index contributed by atoms with van der Waals surface area (Å²) in [5.41, 5.74) is 1.02. The molecule has 1 aromatic heterocycles. The van der Waals surface area contributed by atoms with Crippen molar-refractivity contribution >= 4 is 31.9 Å². The highest BCUT2D eigenvalue weighted by Gasteiger charge is 2.09. The zero-order chi connectivity index (χ0) is 13.7. The maximum absolute atomic E-state index is 5.79. The molecule has 0 saturated heterocycles. The molecule has 0 aliphatic rings. The van der Waals surface area contributed by atoms with Crippen LogP contribution in [-0.4, -0.2) is 18.1 Å². The minimum absolute atomic E-state index is 0.794. The molecule has 2 aromatic rings. The van der Waals surface area contributed by atoms with Crippen molar-refractivity contribution in [1.82, 2.24) is 10.3 Å². The fraction of sp³-hybridized carbons (Fsp3) is 0.357. The highest BCUT2D eigenvalue weighted by atomic mass is 79.9. The van der Waals surface area contributed by atoms with Crippen molar-refractivity contribution in [2.24, 2.45) is 0 Å². The van der Waals surface area contributed by atoms with Crippen molar-refractivity contribution in [2.75, 3.05) is 13.1 Å². The van der Waals surface area contributed by atoms with Gasteiger partial charge in [-0.15, -0.1) is 0 Å². The van der Waals surface area contributed by atoms with Crippen molar-refractivity contribution in [1.29, 1.82) is 0 Å². The van der Waals surface area contributed by atoms with Gasteiger partial charge in [-0.1, -0.05) is 22.9 Å². The predicted octanol–water partition coefficient (Wildman–Crippen LogP) is 4.41. The van der Waals surface area contributed by atoms with Crippen molar-refractivity contribution in [3.8, 4) is 11.3 Å². The van der Waals surface area contributed by atoms with E-state index in [4.69, 9.17) is 4.42 Å². The number of hydrogen-bond donors (Lipinski definition) is 1. The molecule has 2 rings (SSSR count). The smallest absolute Gasteiger partial charge is 0.194 e. The Bertz CT molecular complexity index is 540. The fourth-order valence-electron chi connectivity index (χ4n) is 1.78. The second-order valence-corrected chi connectivity index (χ2v) is 5.97. The number of halogens is 2. The summed E-state index contributed by atoms with van der Waals surface area (Å²) in [6, 6.07) is 6.01. The van der Waals surface area contributed by atoms with Gasteiger partial charge in [0.1, 0.15) is 0 Å². The first-order chi connectivity index (χ1) is 9.20. The predicted molar refractivity (Wildman–Crippen MR) is 84.2 cm³/mol. The van der Waals surface area contributed by atoms with Crippen molar-refractivity contribution < 1.29 is 4.42 Å². The van der Waals surface area contributed by atoms with E-state index < -0.39 is 0 Å². The van der Waals surface area contributed by atoms with Gasteiger partial charge >= 0.3 is 0 Å². The van der Waals surface area contributed by atoms with Gasteiger partial charge in [-0.05, 0) is 53.6 Å². The van der Waals surface area contributed by atoms with Gasteiger partial charge in [-0.2, -0.15) is 0 Å². The van der Waals surface area contributed by atoms with E-state index in [0.29, 0.717) is 0 Å². The van der Waals surface area contributed by atoms with Gasteiger partial charge in [0.15, 0.2) is 11.7 Å². The summed E-state index contributed by atoms with van der Waals surface area (Å²) >= 11 is 6.98. The van der Waals surface area contributed by atoms with E-state index in [1.54, 1.807) is 6.20 Å². The van der Waals surface area contributed by atoms with Crippen LogP contribution < -0.4 is 5.32 Å². The average molecular weight is 388 g/mol. The van der Waals surface area contributed by atoms with Crippen LogP contribution in [0.1, 0.15) is 19.2 Å². The molecule has 0 bridgehead atoms. The van der Waals surface area contributed by atoms with E-state index in [1.807, 2.05) is 18.2 Å². The number of aryl methyl sites for hydroxylation is 1. The molecule has 3 nitrogen and oxygen atoms in total. The molecule has 19 heavy (non-hydrogen) atoms. The van der Waals surface area contributed by atoms with Crippen LogP contribution in [0.15, 0.2) is 37.8 Å². The fourth-order valence-corrected chi connectivity index (χ4v) is 3.02. The van der Waals surface area contributed by atoms with Crippen LogP contribution in [-0.2, 0) is 6.42 Å². The zero-order valence-electron chi connectivity index (χ0n) is 10.7. The number of hydrogen-bond acceptors (Lipinski definition) is 3. The Morgan fingerprint density at radius 1 is 1.32 bits per heavy atom. The molecular formula is C14H16Br2N2O. The third-order valence-electron chi connectivity index (χ3n) is 2.74. The van der Waals surface area contributed by atoms with Crippen molar-refractivity contribution in [2.45, 2.75) is 19.8 Å². The summed E-state index contributed by atoms with van der Waals surface area (Å²) in [5.74, 6) is 1.60. The summed E-state index contributed by atoms with van der Waals surface area (Å²) in [6.45, 7) is 4.10. The van der Waals surface area contributed by atoms with Gasteiger partial charge in [0.2, 0.25) is 0 Å². The molecule has 0 amide bonds. The Hall–Kier alpha value is -0.650. The quantitative estimate of drug-likeness (QED) is 0.746. The van der Waals surface area contributed by atoms with Gasteiger partial charge in [-0.25, -0.2) is 4.98 Å². The minimum Gasteiger partial charge on any atom is -0.441 e. The molecule has 0 atom stereocenters. The second kappa shape index (κ2) is 7.22. The minimum atomic E-state index is 0.794. The molecule has 1 N–H and O–H groups in total. The molecule has 5 heteroatoms. The number of nitrogens with one attached hydrogen (secondary N) is 1. The zero-order valence-corrected chi connectivity index (χ0v) is 13.9. The SMILES string of the molecule is CCNCCCc1ncc(-c2ccc(Br)cc2Br)o1. The maximum Gasteiger partial charge on any atom is 0.194 e. The molecule has 0 aliphatic carbocycles. The standard InChI is InChI=1S/C14H16Br2N2O/c1-2-17-7-3-4-14-18-9-13(19-14)11-6-5-10(15)8-12(11)16/h5-6,8-9,17H,2-4,7H2,1H3. The molecule has 0 spiro atoms. The molecule has 102 valence electrons. The molecule has 0 unspecified atom stereocenters.